The molecular formula is C9H10BrN4O2+. The van der Waals surface area contributed by atoms with Crippen molar-refractivity contribution >= 4 is 28.1 Å². The van der Waals surface area contributed by atoms with Gasteiger partial charge in [0.05, 0.1) is 5.56 Å². The number of nitrogens with zero attached hydrogens (tertiary/aromatic N) is 1. The fourth-order valence-electron chi connectivity index (χ4n) is 1.22. The van der Waals surface area contributed by atoms with Crippen LogP contribution in [0.2, 0.25) is 0 Å². The van der Waals surface area contributed by atoms with Gasteiger partial charge >= 0.3 is 0 Å². The number of nitrogens with one attached hydrogen (secondary N) is 1. The van der Waals surface area contributed by atoms with Crippen molar-refractivity contribution in [2.24, 2.45) is 16.6 Å². The summed E-state index contributed by atoms with van der Waals surface area (Å²) in [6.07, 6.45) is 1.64. The summed E-state index contributed by atoms with van der Waals surface area (Å²) < 4.78 is 11.3. The summed E-state index contributed by atoms with van der Waals surface area (Å²) in [4.78, 5) is 0. The normalized spacial score (nSPS) is 13.1. The molecule has 16 heavy (non-hydrogen) atoms. The zero-order valence-corrected chi connectivity index (χ0v) is 9.82. The number of hydrazone groups is 1. The predicted octanol–water partition coefficient (Wildman–Crippen LogP) is -1.13. The molecule has 1 aliphatic rings. The SMILES string of the molecule is NC(N)=N/[NH+]=C\c1cc2c(cc1Br)OCO2. The first-order valence-electron chi connectivity index (χ1n) is 4.43. The third-order valence-electron chi connectivity index (χ3n) is 1.91. The van der Waals surface area contributed by atoms with Crippen molar-refractivity contribution in [1.82, 2.24) is 0 Å². The molecule has 0 saturated heterocycles. The zero-order valence-electron chi connectivity index (χ0n) is 8.24. The fourth-order valence-corrected chi connectivity index (χ4v) is 1.66. The van der Waals surface area contributed by atoms with Crippen molar-refractivity contribution in [2.75, 3.05) is 6.79 Å². The van der Waals surface area contributed by atoms with E-state index in [9.17, 15) is 0 Å². The van der Waals surface area contributed by atoms with Crippen molar-refractivity contribution in [3.05, 3.63) is 22.2 Å². The lowest BCUT2D eigenvalue weighted by molar-refractivity contribution is -0.456. The maximum absolute atomic E-state index is 5.25. The van der Waals surface area contributed by atoms with Crippen LogP contribution in [-0.2, 0) is 0 Å². The Morgan fingerprint density at radius 1 is 1.38 bits per heavy atom. The molecule has 2 rings (SSSR count). The number of fused-ring (bicyclic) bond motifs is 1. The van der Waals surface area contributed by atoms with Crippen molar-refractivity contribution in [3.63, 3.8) is 0 Å². The molecule has 0 amide bonds. The number of benzene rings is 1. The quantitative estimate of drug-likeness (QED) is 0.364. The average Bonchev–Trinajstić information content (AvgIpc) is 2.64. The summed E-state index contributed by atoms with van der Waals surface area (Å²) in [5.74, 6) is 1.37. The molecule has 0 bridgehead atoms. The molecule has 0 aromatic heterocycles. The third kappa shape index (κ3) is 2.25. The van der Waals surface area contributed by atoms with Crippen LogP contribution in [-0.4, -0.2) is 19.0 Å². The smallest absolute Gasteiger partial charge is 0.256 e. The molecule has 0 fully saturated rings. The van der Waals surface area contributed by atoms with Crippen LogP contribution in [0.1, 0.15) is 5.56 Å². The van der Waals surface area contributed by atoms with Crippen LogP contribution in [0.5, 0.6) is 11.5 Å². The third-order valence-corrected chi connectivity index (χ3v) is 2.59. The molecule has 1 aromatic rings. The van der Waals surface area contributed by atoms with Crippen molar-refractivity contribution in [3.8, 4) is 11.5 Å². The summed E-state index contributed by atoms with van der Waals surface area (Å²) in [6, 6.07) is 3.65. The highest BCUT2D eigenvalue weighted by molar-refractivity contribution is 9.10. The molecule has 0 saturated carbocycles. The lowest BCUT2D eigenvalue weighted by Gasteiger charge is -1.98. The Morgan fingerprint density at radius 2 is 2.06 bits per heavy atom. The average molecular weight is 286 g/mol. The van der Waals surface area contributed by atoms with Gasteiger partial charge in [-0.1, -0.05) is 0 Å². The lowest BCUT2D eigenvalue weighted by Crippen LogP contribution is -2.63. The van der Waals surface area contributed by atoms with E-state index in [1.807, 2.05) is 12.1 Å². The molecule has 0 atom stereocenters. The summed E-state index contributed by atoms with van der Waals surface area (Å²) in [6.45, 7) is 0.243. The Bertz CT molecular complexity index is 469. The molecule has 1 aliphatic heterocycles. The first-order valence-corrected chi connectivity index (χ1v) is 5.22. The van der Waals surface area contributed by atoms with Gasteiger partial charge in [0.2, 0.25) is 13.0 Å². The highest BCUT2D eigenvalue weighted by Gasteiger charge is 2.16. The molecular weight excluding hydrogens is 276 g/mol. The van der Waals surface area contributed by atoms with E-state index in [2.05, 4.69) is 26.1 Å². The van der Waals surface area contributed by atoms with Gasteiger partial charge in [-0.2, -0.15) is 0 Å². The number of hydrogen-bond donors (Lipinski definition) is 3. The second-order valence-corrected chi connectivity index (χ2v) is 3.89. The number of hydrogen-bond acceptors (Lipinski definition) is 3. The van der Waals surface area contributed by atoms with E-state index in [0.29, 0.717) is 11.5 Å². The molecule has 1 heterocycles. The highest BCUT2D eigenvalue weighted by Crippen LogP contribution is 2.35. The summed E-state index contributed by atoms with van der Waals surface area (Å²) >= 11 is 3.40. The second kappa shape index (κ2) is 4.40. The van der Waals surface area contributed by atoms with E-state index in [1.54, 1.807) is 6.21 Å². The molecule has 0 unspecified atom stereocenters. The summed E-state index contributed by atoms with van der Waals surface area (Å²) in [5, 5.41) is 6.25. The molecule has 6 nitrogen and oxygen atoms in total. The van der Waals surface area contributed by atoms with Crippen LogP contribution in [0.15, 0.2) is 21.7 Å². The number of nitrogens with two attached hydrogens (primary N) is 2. The van der Waals surface area contributed by atoms with Gasteiger partial charge in [0.15, 0.2) is 11.5 Å². The van der Waals surface area contributed by atoms with E-state index >= 15 is 0 Å². The van der Waals surface area contributed by atoms with Crippen LogP contribution in [0.4, 0.5) is 0 Å². The molecule has 1 aromatic carbocycles. The Kier molecular flexibility index (Phi) is 2.95. The standard InChI is InChI=1S/C9H9BrN4O2/c10-6-2-8-7(15-4-16-8)1-5(6)3-13-14-9(11)12/h1-3H,4H2,(H4,11,12,14)/p+1/b13-3-. The number of guanidine groups is 1. The van der Waals surface area contributed by atoms with Gasteiger partial charge in [0, 0.05) is 9.57 Å². The van der Waals surface area contributed by atoms with Gasteiger partial charge in [0.1, 0.15) is 0 Å². The lowest BCUT2D eigenvalue weighted by atomic mass is 10.2. The first kappa shape index (κ1) is 10.7. The van der Waals surface area contributed by atoms with E-state index < -0.39 is 0 Å². The first-order chi connectivity index (χ1) is 7.66. The van der Waals surface area contributed by atoms with Crippen LogP contribution in [0, 0.1) is 0 Å². The Balaban J connectivity index is 2.28. The van der Waals surface area contributed by atoms with E-state index in [0.717, 1.165) is 10.0 Å². The van der Waals surface area contributed by atoms with Gasteiger partial charge in [-0.05, 0) is 28.1 Å². The van der Waals surface area contributed by atoms with E-state index in [-0.39, 0.29) is 12.8 Å². The van der Waals surface area contributed by atoms with Crippen LogP contribution >= 0.6 is 15.9 Å². The summed E-state index contributed by atoms with van der Waals surface area (Å²) in [5.41, 5.74) is 11.2. The number of halogens is 1. The molecule has 0 radical (unpaired) electrons. The molecule has 84 valence electrons. The molecule has 5 N–H and O–H groups in total. The fraction of sp³-hybridized carbons (Fsp3) is 0.111. The molecule has 7 heteroatoms. The highest BCUT2D eigenvalue weighted by atomic mass is 79.9. The zero-order chi connectivity index (χ0) is 11.5. The topological polar surface area (TPSA) is 96.8 Å². The van der Waals surface area contributed by atoms with Crippen LogP contribution < -0.4 is 26.0 Å². The van der Waals surface area contributed by atoms with Crippen molar-refractivity contribution < 1.29 is 14.6 Å². The Morgan fingerprint density at radius 3 is 2.75 bits per heavy atom. The minimum Gasteiger partial charge on any atom is -0.454 e. The molecule has 0 aliphatic carbocycles. The van der Waals surface area contributed by atoms with E-state index in [4.69, 9.17) is 20.9 Å². The number of rotatable bonds is 2. The largest absolute Gasteiger partial charge is 0.454 e. The van der Waals surface area contributed by atoms with Crippen molar-refractivity contribution in [2.45, 2.75) is 0 Å². The van der Waals surface area contributed by atoms with Crippen LogP contribution in [0.25, 0.3) is 0 Å². The van der Waals surface area contributed by atoms with Crippen LogP contribution in [0.3, 0.4) is 0 Å². The summed E-state index contributed by atoms with van der Waals surface area (Å²) in [7, 11) is 0. The minimum absolute atomic E-state index is 0.0342. The monoisotopic (exact) mass is 285 g/mol. The Hall–Kier alpha value is -1.76. The molecule has 0 spiro atoms. The van der Waals surface area contributed by atoms with Crippen molar-refractivity contribution in [1.29, 1.82) is 0 Å². The second-order valence-electron chi connectivity index (χ2n) is 3.04. The van der Waals surface area contributed by atoms with Gasteiger partial charge in [-0.3, -0.25) is 0 Å². The van der Waals surface area contributed by atoms with Gasteiger partial charge < -0.3 is 20.9 Å². The Labute approximate surface area is 100 Å². The van der Waals surface area contributed by atoms with Gasteiger partial charge in [-0.15, -0.1) is 5.10 Å². The van der Waals surface area contributed by atoms with Gasteiger partial charge in [-0.25, -0.2) is 0 Å². The minimum atomic E-state index is -0.0342. The number of ether oxygens (including phenoxy) is 2. The van der Waals surface area contributed by atoms with Gasteiger partial charge in [0.25, 0.3) is 5.96 Å². The maximum atomic E-state index is 5.25. The maximum Gasteiger partial charge on any atom is 0.256 e. The predicted molar refractivity (Wildman–Crippen MR) is 62.2 cm³/mol. The van der Waals surface area contributed by atoms with E-state index in [1.165, 1.54) is 0 Å².